The number of aromatic nitrogens is 1. The molecule has 3 aromatic rings. The van der Waals surface area contributed by atoms with Gasteiger partial charge in [-0.3, -0.25) is 4.79 Å². The van der Waals surface area contributed by atoms with Crippen LogP contribution in [-0.4, -0.2) is 23.8 Å². The average molecular weight is 479 g/mol. The van der Waals surface area contributed by atoms with Crippen LogP contribution in [0.1, 0.15) is 53.0 Å². The van der Waals surface area contributed by atoms with E-state index < -0.39 is 6.09 Å². The van der Waals surface area contributed by atoms with E-state index in [2.05, 4.69) is 21.9 Å². The van der Waals surface area contributed by atoms with Gasteiger partial charge in [0.2, 0.25) is 5.91 Å². The lowest BCUT2D eigenvalue weighted by Gasteiger charge is -2.21. The number of carbonyl (C=O) groups excluding carboxylic acids is 2. The fraction of sp³-hybridized carbons (Fsp3) is 0.360. The molecule has 1 aliphatic rings. The Balaban J connectivity index is 1.31. The highest BCUT2D eigenvalue weighted by Gasteiger charge is 2.27. The van der Waals surface area contributed by atoms with Gasteiger partial charge in [0.1, 0.15) is 11.1 Å². The third kappa shape index (κ3) is 5.83. The number of thiophene rings is 1. The van der Waals surface area contributed by atoms with Gasteiger partial charge in [0.25, 0.3) is 0 Å². The van der Waals surface area contributed by atoms with Gasteiger partial charge < -0.3 is 19.9 Å². The van der Waals surface area contributed by atoms with Crippen molar-refractivity contribution < 1.29 is 18.8 Å². The van der Waals surface area contributed by atoms with Gasteiger partial charge in [0, 0.05) is 17.4 Å². The molecule has 1 aliphatic carbocycles. The van der Waals surface area contributed by atoms with Crippen molar-refractivity contribution in [3.8, 4) is 6.07 Å². The maximum Gasteiger partial charge on any atom is 0.407 e. The molecule has 1 aromatic carbocycles. The van der Waals surface area contributed by atoms with Crippen molar-refractivity contribution in [2.75, 3.05) is 11.9 Å². The number of amides is 2. The molecule has 2 atom stereocenters. The number of nitrogens with zero attached hydrogens (tertiary/aromatic N) is 2. The Morgan fingerprint density at radius 1 is 1.32 bits per heavy atom. The molecule has 4 rings (SSSR count). The van der Waals surface area contributed by atoms with E-state index in [0.717, 1.165) is 28.8 Å². The van der Waals surface area contributed by atoms with Crippen molar-refractivity contribution in [2.45, 2.75) is 45.1 Å². The molecule has 0 bridgehead atoms. The first-order chi connectivity index (χ1) is 16.5. The second-order valence-corrected chi connectivity index (χ2v) is 9.53. The number of rotatable bonds is 8. The predicted molar refractivity (Wildman–Crippen MR) is 127 cm³/mol. The first kappa shape index (κ1) is 23.5. The van der Waals surface area contributed by atoms with E-state index in [1.165, 1.54) is 17.5 Å². The van der Waals surface area contributed by atoms with Crippen LogP contribution in [0.4, 0.5) is 9.80 Å². The first-order valence-electron chi connectivity index (χ1n) is 11.2. The maximum absolute atomic E-state index is 12.7. The fourth-order valence-corrected chi connectivity index (χ4v) is 5.42. The number of anilines is 1. The van der Waals surface area contributed by atoms with E-state index in [0.29, 0.717) is 29.2 Å². The monoisotopic (exact) mass is 478 g/mol. The number of nitriles is 1. The fourth-order valence-electron chi connectivity index (χ4n) is 4.10. The Morgan fingerprint density at radius 3 is 2.88 bits per heavy atom. The Morgan fingerprint density at radius 2 is 2.15 bits per heavy atom. The first-order valence-corrected chi connectivity index (χ1v) is 12.0. The summed E-state index contributed by atoms with van der Waals surface area (Å²) in [7, 11) is 0. The largest absolute Gasteiger partial charge is 0.449 e. The van der Waals surface area contributed by atoms with E-state index in [4.69, 9.17) is 9.26 Å². The predicted octanol–water partition coefficient (Wildman–Crippen LogP) is 4.77. The van der Waals surface area contributed by atoms with Crippen molar-refractivity contribution in [3.63, 3.8) is 0 Å². The van der Waals surface area contributed by atoms with Crippen LogP contribution < -0.4 is 10.6 Å². The lowest BCUT2D eigenvalue weighted by Crippen LogP contribution is -2.27. The van der Waals surface area contributed by atoms with Crippen LogP contribution in [0.15, 0.2) is 47.1 Å². The second-order valence-electron chi connectivity index (χ2n) is 8.42. The Hall–Kier alpha value is -3.64. The van der Waals surface area contributed by atoms with Crippen molar-refractivity contribution in [2.24, 2.45) is 5.92 Å². The molecule has 176 valence electrons. The van der Waals surface area contributed by atoms with Gasteiger partial charge in [-0.1, -0.05) is 42.4 Å². The summed E-state index contributed by atoms with van der Waals surface area (Å²) in [4.78, 5) is 25.7. The number of nitrogens with one attached hydrogen (secondary N) is 2. The van der Waals surface area contributed by atoms with E-state index in [1.54, 1.807) is 6.07 Å². The standard InChI is InChI=1S/C25H26N4O4S/c1-16(18-5-3-2-4-6-18)11-23(30)29-24-21(13-26)20-8-7-17(12-22(20)34-24)15-32-25(31)27-14-19-9-10-28-33-19/h2-6,9-10,16-17H,7-8,11-12,14-15H2,1H3,(H,27,31)(H,29,30). The van der Waals surface area contributed by atoms with Crippen LogP contribution in [0.25, 0.3) is 0 Å². The zero-order valence-corrected chi connectivity index (χ0v) is 19.7. The minimum atomic E-state index is -0.508. The summed E-state index contributed by atoms with van der Waals surface area (Å²) in [6.07, 6.45) is 3.59. The lowest BCUT2D eigenvalue weighted by molar-refractivity contribution is -0.116. The SMILES string of the molecule is CC(CC(=O)Nc1sc2c(c1C#N)CCC(COC(=O)NCc1ccno1)C2)c1ccccc1. The molecule has 2 N–H and O–H groups in total. The molecular formula is C25H26N4O4S. The summed E-state index contributed by atoms with van der Waals surface area (Å²) in [5.74, 6) is 0.692. The van der Waals surface area contributed by atoms with Crippen LogP contribution in [0.2, 0.25) is 0 Å². The summed E-state index contributed by atoms with van der Waals surface area (Å²) in [6, 6.07) is 13.9. The summed E-state index contributed by atoms with van der Waals surface area (Å²) < 4.78 is 10.3. The molecule has 8 nitrogen and oxygen atoms in total. The smallest absolute Gasteiger partial charge is 0.407 e. The summed E-state index contributed by atoms with van der Waals surface area (Å²) in [5, 5.41) is 19.5. The third-order valence-electron chi connectivity index (χ3n) is 5.94. The molecule has 0 spiro atoms. The van der Waals surface area contributed by atoms with Crippen molar-refractivity contribution >= 4 is 28.3 Å². The normalized spacial score (nSPS) is 15.6. The quantitative estimate of drug-likeness (QED) is 0.482. The highest BCUT2D eigenvalue weighted by molar-refractivity contribution is 7.16. The summed E-state index contributed by atoms with van der Waals surface area (Å²) in [5.41, 5.74) is 2.67. The zero-order valence-electron chi connectivity index (χ0n) is 18.9. The Labute approximate surface area is 201 Å². The summed E-state index contributed by atoms with van der Waals surface area (Å²) >= 11 is 1.45. The van der Waals surface area contributed by atoms with Crippen LogP contribution in [0.5, 0.6) is 0 Å². The van der Waals surface area contributed by atoms with Gasteiger partial charge in [-0.2, -0.15) is 5.26 Å². The number of benzene rings is 1. The Kier molecular flexibility index (Phi) is 7.60. The molecule has 0 aliphatic heterocycles. The maximum atomic E-state index is 12.7. The van der Waals surface area contributed by atoms with Gasteiger partial charge >= 0.3 is 6.09 Å². The molecule has 0 radical (unpaired) electrons. The zero-order chi connectivity index (χ0) is 23.9. The van der Waals surface area contributed by atoms with Crippen molar-refractivity contribution in [1.82, 2.24) is 10.5 Å². The van der Waals surface area contributed by atoms with Crippen LogP contribution in [0, 0.1) is 17.2 Å². The molecule has 34 heavy (non-hydrogen) atoms. The third-order valence-corrected chi connectivity index (χ3v) is 7.11. The molecule has 2 heterocycles. The minimum absolute atomic E-state index is 0.0815. The number of hydrogen-bond acceptors (Lipinski definition) is 7. The van der Waals surface area contributed by atoms with Crippen LogP contribution in [0.3, 0.4) is 0 Å². The average Bonchev–Trinajstić information content (AvgIpc) is 3.48. The van der Waals surface area contributed by atoms with Crippen LogP contribution >= 0.6 is 11.3 Å². The number of carbonyl (C=O) groups is 2. The summed E-state index contributed by atoms with van der Waals surface area (Å²) in [6.45, 7) is 2.53. The lowest BCUT2D eigenvalue weighted by atomic mass is 9.88. The van der Waals surface area contributed by atoms with E-state index in [-0.39, 0.29) is 30.9 Å². The highest BCUT2D eigenvalue weighted by atomic mass is 32.1. The van der Waals surface area contributed by atoms with Crippen molar-refractivity contribution in [3.05, 3.63) is 69.9 Å². The minimum Gasteiger partial charge on any atom is -0.449 e. The molecule has 2 aromatic heterocycles. The molecule has 0 saturated carbocycles. The molecule has 0 saturated heterocycles. The molecule has 2 unspecified atom stereocenters. The number of alkyl carbamates (subject to hydrolysis) is 1. The molecule has 9 heteroatoms. The molecule has 0 fully saturated rings. The van der Waals surface area contributed by atoms with E-state index in [9.17, 15) is 14.9 Å². The number of hydrogen-bond donors (Lipinski definition) is 2. The van der Waals surface area contributed by atoms with E-state index >= 15 is 0 Å². The van der Waals surface area contributed by atoms with Gasteiger partial charge in [0.05, 0.1) is 24.9 Å². The van der Waals surface area contributed by atoms with Crippen molar-refractivity contribution in [1.29, 1.82) is 5.26 Å². The second kappa shape index (κ2) is 11.0. The van der Waals surface area contributed by atoms with Gasteiger partial charge in [-0.15, -0.1) is 11.3 Å². The van der Waals surface area contributed by atoms with Gasteiger partial charge in [-0.25, -0.2) is 4.79 Å². The Bertz CT molecular complexity index is 1170. The molecule has 2 amide bonds. The number of ether oxygens (including phenoxy) is 1. The van der Waals surface area contributed by atoms with Gasteiger partial charge in [0.15, 0.2) is 5.76 Å². The van der Waals surface area contributed by atoms with E-state index in [1.807, 2.05) is 37.3 Å². The number of fused-ring (bicyclic) bond motifs is 1. The molecular weight excluding hydrogens is 452 g/mol. The van der Waals surface area contributed by atoms with Crippen LogP contribution in [-0.2, 0) is 28.9 Å². The highest BCUT2D eigenvalue weighted by Crippen LogP contribution is 2.39. The topological polar surface area (TPSA) is 117 Å². The van der Waals surface area contributed by atoms with Gasteiger partial charge in [-0.05, 0) is 42.2 Å².